The highest BCUT2D eigenvalue weighted by Crippen LogP contribution is 2.24. The highest BCUT2D eigenvalue weighted by molar-refractivity contribution is 9.10. The van der Waals surface area contributed by atoms with Crippen LogP contribution in [-0.2, 0) is 11.2 Å². The van der Waals surface area contributed by atoms with Gasteiger partial charge in [0.2, 0.25) is 5.91 Å². The number of hydrogen-bond donors (Lipinski definition) is 2. The van der Waals surface area contributed by atoms with Crippen LogP contribution in [0.5, 0.6) is 5.75 Å². The van der Waals surface area contributed by atoms with E-state index in [1.807, 2.05) is 30.3 Å². The smallest absolute Gasteiger partial charge is 0.261 e. The summed E-state index contributed by atoms with van der Waals surface area (Å²) in [6.45, 7) is 2.73. The van der Waals surface area contributed by atoms with Gasteiger partial charge in [-0.05, 0) is 61.0 Å². The normalized spacial score (nSPS) is 10.4. The largest absolute Gasteiger partial charge is 0.493 e. The summed E-state index contributed by atoms with van der Waals surface area (Å²) >= 11 is 8.77. The number of hydrogen-bond acceptors (Lipinski definition) is 4. The SMILES string of the molecule is CCCCCCOc1ccc(Br)cc1C(=O)NC(=S)Nc1cccc(CCC(=O)N(C)C)c1. The van der Waals surface area contributed by atoms with Crippen LogP contribution in [0.2, 0.25) is 0 Å². The molecule has 0 atom stereocenters. The molecule has 6 nitrogen and oxygen atoms in total. The van der Waals surface area contributed by atoms with Crippen molar-refractivity contribution < 1.29 is 14.3 Å². The number of nitrogens with one attached hydrogen (secondary N) is 2. The first-order valence-electron chi connectivity index (χ1n) is 11.1. The lowest BCUT2D eigenvalue weighted by Crippen LogP contribution is -2.34. The number of anilines is 1. The Morgan fingerprint density at radius 1 is 1.09 bits per heavy atom. The van der Waals surface area contributed by atoms with Crippen molar-refractivity contribution in [3.8, 4) is 5.75 Å². The number of benzene rings is 2. The maximum atomic E-state index is 12.9. The maximum absolute atomic E-state index is 12.9. The lowest BCUT2D eigenvalue weighted by atomic mass is 10.1. The Balaban J connectivity index is 1.96. The molecule has 2 amide bonds. The van der Waals surface area contributed by atoms with Gasteiger partial charge in [0, 0.05) is 30.7 Å². The van der Waals surface area contributed by atoms with E-state index in [9.17, 15) is 9.59 Å². The average molecular weight is 535 g/mol. The third-order valence-electron chi connectivity index (χ3n) is 4.98. The van der Waals surface area contributed by atoms with Crippen LogP contribution in [0, 0.1) is 0 Å². The minimum atomic E-state index is -0.343. The fourth-order valence-corrected chi connectivity index (χ4v) is 3.70. The van der Waals surface area contributed by atoms with Gasteiger partial charge in [-0.1, -0.05) is 54.2 Å². The zero-order chi connectivity index (χ0) is 24.2. The zero-order valence-electron chi connectivity index (χ0n) is 19.4. The number of halogens is 1. The van der Waals surface area contributed by atoms with E-state index in [4.69, 9.17) is 17.0 Å². The molecule has 0 radical (unpaired) electrons. The van der Waals surface area contributed by atoms with Gasteiger partial charge in [-0.25, -0.2) is 0 Å². The van der Waals surface area contributed by atoms with E-state index in [1.165, 1.54) is 6.42 Å². The number of nitrogens with zero attached hydrogens (tertiary/aromatic N) is 1. The molecule has 2 aromatic carbocycles. The summed E-state index contributed by atoms with van der Waals surface area (Å²) in [7, 11) is 3.49. The molecule has 0 bridgehead atoms. The number of carbonyl (C=O) groups is 2. The summed E-state index contributed by atoms with van der Waals surface area (Å²) in [4.78, 5) is 26.3. The summed E-state index contributed by atoms with van der Waals surface area (Å²) in [5.41, 5.74) is 2.17. The quantitative estimate of drug-likeness (QED) is 0.292. The molecule has 0 spiro atoms. The van der Waals surface area contributed by atoms with Gasteiger partial charge in [-0.15, -0.1) is 0 Å². The molecule has 33 heavy (non-hydrogen) atoms. The van der Waals surface area contributed by atoms with E-state index >= 15 is 0 Å². The van der Waals surface area contributed by atoms with E-state index in [0.717, 1.165) is 35.0 Å². The molecular weight excluding hydrogens is 502 g/mol. The van der Waals surface area contributed by atoms with Gasteiger partial charge in [0.25, 0.3) is 5.91 Å². The summed E-state index contributed by atoms with van der Waals surface area (Å²) in [6.07, 6.45) is 5.44. The minimum Gasteiger partial charge on any atom is -0.493 e. The molecule has 0 aliphatic heterocycles. The van der Waals surface area contributed by atoms with Crippen LogP contribution in [0.4, 0.5) is 5.69 Å². The van der Waals surface area contributed by atoms with Gasteiger partial charge >= 0.3 is 0 Å². The first kappa shape index (κ1) is 26.8. The Morgan fingerprint density at radius 2 is 1.88 bits per heavy atom. The molecule has 178 valence electrons. The molecule has 0 aliphatic carbocycles. The standard InChI is InChI=1S/C25H32BrN3O3S/c1-4-5-6-7-15-32-22-13-12-19(26)17-21(22)24(31)28-25(33)27-20-10-8-9-18(16-20)11-14-23(30)29(2)3/h8-10,12-13,16-17H,4-7,11,14-15H2,1-3H3,(H2,27,28,31,33). The molecule has 2 aromatic rings. The fourth-order valence-electron chi connectivity index (χ4n) is 3.13. The van der Waals surface area contributed by atoms with E-state index in [1.54, 1.807) is 31.1 Å². The molecular formula is C25H32BrN3O3S. The number of rotatable bonds is 11. The average Bonchev–Trinajstić information content (AvgIpc) is 2.78. The van der Waals surface area contributed by atoms with Gasteiger partial charge in [0.1, 0.15) is 5.75 Å². The topological polar surface area (TPSA) is 70.7 Å². The van der Waals surface area contributed by atoms with Crippen molar-refractivity contribution in [2.45, 2.75) is 45.4 Å². The second-order valence-electron chi connectivity index (χ2n) is 7.95. The van der Waals surface area contributed by atoms with Crippen LogP contribution >= 0.6 is 28.1 Å². The summed E-state index contributed by atoms with van der Waals surface area (Å²) < 4.78 is 6.64. The molecule has 0 saturated heterocycles. The van der Waals surface area contributed by atoms with Gasteiger partial charge in [0.05, 0.1) is 12.2 Å². The number of unbranched alkanes of at least 4 members (excludes halogenated alkanes) is 3. The molecule has 0 saturated carbocycles. The first-order valence-corrected chi connectivity index (χ1v) is 12.3. The molecule has 0 aromatic heterocycles. The van der Waals surface area contributed by atoms with E-state index in [2.05, 4.69) is 33.5 Å². The third kappa shape index (κ3) is 9.52. The van der Waals surface area contributed by atoms with Crippen molar-refractivity contribution in [3.63, 3.8) is 0 Å². The molecule has 0 unspecified atom stereocenters. The Labute approximate surface area is 210 Å². The van der Waals surface area contributed by atoms with Gasteiger partial charge in [-0.2, -0.15) is 0 Å². The second-order valence-corrected chi connectivity index (χ2v) is 9.27. The van der Waals surface area contributed by atoms with Gasteiger partial charge in [0.15, 0.2) is 5.11 Å². The van der Waals surface area contributed by atoms with Crippen molar-refractivity contribution >= 4 is 50.8 Å². The van der Waals surface area contributed by atoms with Crippen molar-refractivity contribution in [3.05, 3.63) is 58.1 Å². The predicted octanol–water partition coefficient (Wildman–Crippen LogP) is 5.56. The predicted molar refractivity (Wildman–Crippen MR) is 141 cm³/mol. The third-order valence-corrected chi connectivity index (χ3v) is 5.68. The molecule has 0 fully saturated rings. The van der Waals surface area contributed by atoms with Crippen LogP contribution in [0.1, 0.15) is 54.9 Å². The van der Waals surface area contributed by atoms with Crippen LogP contribution in [0.15, 0.2) is 46.9 Å². The Hall–Kier alpha value is -2.45. The summed E-state index contributed by atoms with van der Waals surface area (Å²) in [5.74, 6) is 0.265. The fraction of sp³-hybridized carbons (Fsp3) is 0.400. The summed E-state index contributed by atoms with van der Waals surface area (Å²) in [5, 5.41) is 5.96. The Bertz CT molecular complexity index is 966. The van der Waals surface area contributed by atoms with Crippen molar-refractivity contribution in [2.75, 3.05) is 26.0 Å². The first-order chi connectivity index (χ1) is 15.8. The monoisotopic (exact) mass is 533 g/mol. The van der Waals surface area contributed by atoms with E-state index < -0.39 is 0 Å². The lowest BCUT2D eigenvalue weighted by Gasteiger charge is -2.14. The molecule has 2 N–H and O–H groups in total. The number of ether oxygens (including phenoxy) is 1. The van der Waals surface area contributed by atoms with Crippen LogP contribution in [0.3, 0.4) is 0 Å². The van der Waals surface area contributed by atoms with Gasteiger partial charge in [-0.3, -0.25) is 14.9 Å². The number of aryl methyl sites for hydroxylation is 1. The van der Waals surface area contributed by atoms with E-state index in [0.29, 0.717) is 30.8 Å². The number of carbonyl (C=O) groups excluding carboxylic acids is 2. The molecule has 8 heteroatoms. The molecule has 0 aliphatic rings. The number of amides is 2. The maximum Gasteiger partial charge on any atom is 0.261 e. The van der Waals surface area contributed by atoms with E-state index in [-0.39, 0.29) is 16.9 Å². The van der Waals surface area contributed by atoms with Crippen LogP contribution in [0.25, 0.3) is 0 Å². The van der Waals surface area contributed by atoms with Crippen LogP contribution < -0.4 is 15.4 Å². The highest BCUT2D eigenvalue weighted by Gasteiger charge is 2.15. The van der Waals surface area contributed by atoms with Crippen molar-refractivity contribution in [1.29, 1.82) is 0 Å². The molecule has 2 rings (SSSR count). The zero-order valence-corrected chi connectivity index (χ0v) is 21.9. The van der Waals surface area contributed by atoms with Crippen LogP contribution in [-0.4, -0.2) is 42.5 Å². The minimum absolute atomic E-state index is 0.0774. The van der Waals surface area contributed by atoms with Crippen molar-refractivity contribution in [1.82, 2.24) is 10.2 Å². The second kappa shape index (κ2) is 14.0. The Kier molecular flexibility index (Phi) is 11.3. The Morgan fingerprint density at radius 3 is 2.61 bits per heavy atom. The summed E-state index contributed by atoms with van der Waals surface area (Å²) in [6, 6.07) is 13.0. The lowest BCUT2D eigenvalue weighted by molar-refractivity contribution is -0.128. The van der Waals surface area contributed by atoms with Crippen molar-refractivity contribution in [2.24, 2.45) is 0 Å². The van der Waals surface area contributed by atoms with Gasteiger partial charge < -0.3 is 15.0 Å². The molecule has 0 heterocycles. The number of thiocarbonyl (C=S) groups is 1. The highest BCUT2D eigenvalue weighted by atomic mass is 79.9.